The summed E-state index contributed by atoms with van der Waals surface area (Å²) in [6, 6.07) is 11.6. The lowest BCUT2D eigenvalue weighted by Crippen LogP contribution is -2.19. The Hall–Kier alpha value is -1.09. The third-order valence-corrected chi connectivity index (χ3v) is 3.63. The maximum absolute atomic E-state index is 13.8. The van der Waals surface area contributed by atoms with Crippen LogP contribution in [0.1, 0.15) is 17.2 Å². The quantitative estimate of drug-likeness (QED) is 0.878. The van der Waals surface area contributed by atoms with Gasteiger partial charge in [0, 0.05) is 5.56 Å². The molecule has 1 atom stereocenters. The molecule has 94 valence electrons. The van der Waals surface area contributed by atoms with Gasteiger partial charge < -0.3 is 5.32 Å². The molecule has 2 aromatic rings. The summed E-state index contributed by atoms with van der Waals surface area (Å²) >= 11 is 12.2. The fourth-order valence-corrected chi connectivity index (χ4v) is 2.35. The number of nitrogens with one attached hydrogen (secondary N) is 1. The Bertz CT molecular complexity index is 557. The van der Waals surface area contributed by atoms with Gasteiger partial charge in [-0.05, 0) is 24.7 Å². The Morgan fingerprint density at radius 1 is 1.00 bits per heavy atom. The zero-order valence-corrected chi connectivity index (χ0v) is 11.3. The average molecular weight is 284 g/mol. The third-order valence-electron chi connectivity index (χ3n) is 2.80. The van der Waals surface area contributed by atoms with Crippen LogP contribution >= 0.6 is 23.2 Å². The molecular formula is C14H12Cl2FN. The molecule has 0 aliphatic rings. The van der Waals surface area contributed by atoms with Crippen LogP contribution in [0.4, 0.5) is 4.39 Å². The average Bonchev–Trinajstić information content (AvgIpc) is 2.37. The van der Waals surface area contributed by atoms with Crippen LogP contribution in [0.5, 0.6) is 0 Å². The predicted octanol–water partition coefficient (Wildman–Crippen LogP) is 4.44. The zero-order chi connectivity index (χ0) is 13.1. The minimum absolute atomic E-state index is 0.270. The lowest BCUT2D eigenvalue weighted by Gasteiger charge is -2.19. The Kier molecular flexibility index (Phi) is 4.23. The highest BCUT2D eigenvalue weighted by molar-refractivity contribution is 6.42. The molecule has 0 heterocycles. The van der Waals surface area contributed by atoms with Gasteiger partial charge in [0.05, 0.1) is 16.1 Å². The van der Waals surface area contributed by atoms with Gasteiger partial charge in [0.2, 0.25) is 0 Å². The van der Waals surface area contributed by atoms with Crippen molar-refractivity contribution in [2.75, 3.05) is 7.05 Å². The molecule has 1 N–H and O–H groups in total. The number of benzene rings is 2. The minimum atomic E-state index is -0.322. The van der Waals surface area contributed by atoms with Crippen LogP contribution in [0.25, 0.3) is 0 Å². The smallest absolute Gasteiger partial charge is 0.128 e. The highest BCUT2D eigenvalue weighted by atomic mass is 35.5. The molecule has 2 aromatic carbocycles. The topological polar surface area (TPSA) is 12.0 Å². The first-order valence-electron chi connectivity index (χ1n) is 5.50. The van der Waals surface area contributed by atoms with E-state index in [1.165, 1.54) is 6.07 Å². The maximum Gasteiger partial charge on any atom is 0.128 e. The number of hydrogen-bond donors (Lipinski definition) is 1. The first-order valence-corrected chi connectivity index (χ1v) is 6.26. The minimum Gasteiger partial charge on any atom is -0.309 e. The second kappa shape index (κ2) is 5.70. The van der Waals surface area contributed by atoms with Crippen molar-refractivity contribution in [3.05, 3.63) is 69.5 Å². The Balaban J connectivity index is 2.53. The van der Waals surface area contributed by atoms with Crippen LogP contribution in [0.15, 0.2) is 42.5 Å². The van der Waals surface area contributed by atoms with Crippen molar-refractivity contribution in [3.8, 4) is 0 Å². The number of hydrogen-bond acceptors (Lipinski definition) is 1. The van der Waals surface area contributed by atoms with E-state index in [9.17, 15) is 4.39 Å². The zero-order valence-electron chi connectivity index (χ0n) is 9.75. The molecule has 1 nitrogen and oxygen atoms in total. The highest BCUT2D eigenvalue weighted by Crippen LogP contribution is 2.33. The molecule has 4 heteroatoms. The van der Waals surface area contributed by atoms with Crippen molar-refractivity contribution < 1.29 is 4.39 Å². The molecule has 0 radical (unpaired) electrons. The van der Waals surface area contributed by atoms with Crippen LogP contribution in [0, 0.1) is 5.82 Å². The van der Waals surface area contributed by atoms with E-state index in [-0.39, 0.29) is 11.9 Å². The van der Waals surface area contributed by atoms with Crippen molar-refractivity contribution in [1.29, 1.82) is 0 Å². The van der Waals surface area contributed by atoms with E-state index in [0.717, 1.165) is 5.56 Å². The van der Waals surface area contributed by atoms with Gasteiger partial charge in [-0.15, -0.1) is 0 Å². The Labute approximate surface area is 116 Å². The summed E-state index contributed by atoms with van der Waals surface area (Å²) in [4.78, 5) is 0. The second-order valence-electron chi connectivity index (χ2n) is 3.89. The normalized spacial score (nSPS) is 12.4. The predicted molar refractivity (Wildman–Crippen MR) is 73.8 cm³/mol. The largest absolute Gasteiger partial charge is 0.309 e. The van der Waals surface area contributed by atoms with Crippen LogP contribution in [-0.2, 0) is 0 Å². The van der Waals surface area contributed by atoms with Gasteiger partial charge in [-0.1, -0.05) is 53.5 Å². The first kappa shape index (κ1) is 13.3. The van der Waals surface area contributed by atoms with E-state index in [2.05, 4.69) is 5.32 Å². The van der Waals surface area contributed by atoms with E-state index < -0.39 is 0 Å². The molecule has 2 rings (SSSR count). The van der Waals surface area contributed by atoms with E-state index in [1.54, 1.807) is 37.4 Å². The van der Waals surface area contributed by atoms with Crippen molar-refractivity contribution in [2.45, 2.75) is 6.04 Å². The molecule has 0 aliphatic heterocycles. The summed E-state index contributed by atoms with van der Waals surface area (Å²) in [6.45, 7) is 0. The maximum atomic E-state index is 13.8. The van der Waals surface area contributed by atoms with Crippen molar-refractivity contribution in [3.63, 3.8) is 0 Å². The van der Waals surface area contributed by atoms with Crippen molar-refractivity contribution in [2.24, 2.45) is 0 Å². The van der Waals surface area contributed by atoms with Crippen molar-refractivity contribution >= 4 is 23.2 Å². The van der Waals surface area contributed by atoms with Gasteiger partial charge in [-0.3, -0.25) is 0 Å². The van der Waals surface area contributed by atoms with Gasteiger partial charge in [-0.25, -0.2) is 4.39 Å². The molecule has 0 fully saturated rings. The Morgan fingerprint density at radius 3 is 2.33 bits per heavy atom. The molecule has 0 bridgehead atoms. The molecule has 18 heavy (non-hydrogen) atoms. The van der Waals surface area contributed by atoms with E-state index >= 15 is 0 Å². The van der Waals surface area contributed by atoms with Crippen LogP contribution in [0.2, 0.25) is 10.0 Å². The van der Waals surface area contributed by atoms with Gasteiger partial charge in [0.25, 0.3) is 0 Å². The van der Waals surface area contributed by atoms with Crippen LogP contribution < -0.4 is 5.32 Å². The lowest BCUT2D eigenvalue weighted by molar-refractivity contribution is 0.576. The van der Waals surface area contributed by atoms with Gasteiger partial charge >= 0.3 is 0 Å². The van der Waals surface area contributed by atoms with Crippen molar-refractivity contribution in [1.82, 2.24) is 5.32 Å². The summed E-state index contributed by atoms with van der Waals surface area (Å²) in [5.41, 5.74) is 1.31. The summed E-state index contributed by atoms with van der Waals surface area (Å²) in [6.07, 6.45) is 0. The second-order valence-corrected chi connectivity index (χ2v) is 4.67. The monoisotopic (exact) mass is 283 g/mol. The van der Waals surface area contributed by atoms with Gasteiger partial charge in [0.15, 0.2) is 0 Å². The van der Waals surface area contributed by atoms with E-state index in [4.69, 9.17) is 23.2 Å². The number of rotatable bonds is 3. The van der Waals surface area contributed by atoms with Gasteiger partial charge in [-0.2, -0.15) is 0 Å². The Morgan fingerprint density at radius 2 is 1.67 bits per heavy atom. The molecule has 0 saturated heterocycles. The number of halogens is 3. The molecule has 0 spiro atoms. The fourth-order valence-electron chi connectivity index (χ4n) is 1.93. The highest BCUT2D eigenvalue weighted by Gasteiger charge is 2.19. The summed E-state index contributed by atoms with van der Waals surface area (Å²) in [7, 11) is 1.76. The standard InChI is InChI=1S/C14H12Cl2FN/c1-18-14(9-5-2-3-8-12(9)17)10-6-4-7-11(15)13(10)16/h2-8,14,18H,1H3. The SMILES string of the molecule is CNC(c1ccccc1F)c1cccc(Cl)c1Cl. The molecule has 0 aromatic heterocycles. The fraction of sp³-hybridized carbons (Fsp3) is 0.143. The van der Waals surface area contributed by atoms with Crippen LogP contribution in [0.3, 0.4) is 0 Å². The molecule has 0 saturated carbocycles. The lowest BCUT2D eigenvalue weighted by atomic mass is 9.98. The van der Waals surface area contributed by atoms with E-state index in [0.29, 0.717) is 15.6 Å². The molecule has 1 unspecified atom stereocenters. The summed E-state index contributed by atoms with van der Waals surface area (Å²) in [5.74, 6) is -0.270. The third kappa shape index (κ3) is 2.51. The van der Waals surface area contributed by atoms with E-state index in [1.807, 2.05) is 6.07 Å². The van der Waals surface area contributed by atoms with Crippen LogP contribution in [-0.4, -0.2) is 7.05 Å². The molecular weight excluding hydrogens is 272 g/mol. The van der Waals surface area contributed by atoms with Gasteiger partial charge in [0.1, 0.15) is 5.82 Å². The molecule has 0 amide bonds. The summed E-state index contributed by atoms with van der Waals surface area (Å²) < 4.78 is 13.8. The summed E-state index contributed by atoms with van der Waals surface area (Å²) in [5, 5.41) is 3.97. The first-order chi connectivity index (χ1) is 8.65. The molecule has 0 aliphatic carbocycles.